The predicted molar refractivity (Wildman–Crippen MR) is 62.4 cm³/mol. The summed E-state index contributed by atoms with van der Waals surface area (Å²) in [4.78, 5) is 11.7. The summed E-state index contributed by atoms with van der Waals surface area (Å²) in [5.74, 6) is -1.63. The molecule has 2 unspecified atom stereocenters. The van der Waals surface area contributed by atoms with Gasteiger partial charge in [0, 0.05) is 6.54 Å². The Bertz CT molecular complexity index is 519. The minimum Gasteiger partial charge on any atom is -0.392 e. The highest BCUT2D eigenvalue weighted by Gasteiger charge is 2.32. The summed E-state index contributed by atoms with van der Waals surface area (Å²) in [6, 6.07) is 1.04. The van der Waals surface area contributed by atoms with Crippen molar-refractivity contribution in [2.24, 2.45) is 0 Å². The summed E-state index contributed by atoms with van der Waals surface area (Å²) in [6.45, 7) is 0.211. The van der Waals surface area contributed by atoms with Gasteiger partial charge in [0.2, 0.25) is 5.91 Å². The van der Waals surface area contributed by atoms with Crippen LogP contribution in [0.1, 0.15) is 12.0 Å². The van der Waals surface area contributed by atoms with E-state index in [1.807, 2.05) is 0 Å². The summed E-state index contributed by atoms with van der Waals surface area (Å²) in [5.41, 5.74) is -1.58. The second kappa shape index (κ2) is 5.37. The molecule has 8 heteroatoms. The Hall–Kier alpha value is -1.67. The minimum atomic E-state index is -4.62. The number of alkyl halides is 3. The molecule has 0 spiro atoms. The third-order valence-corrected chi connectivity index (χ3v) is 2.98. The number of hydrogen-bond donors (Lipinski definition) is 3. The van der Waals surface area contributed by atoms with Crippen molar-refractivity contribution in [2.45, 2.75) is 24.7 Å². The number of anilines is 1. The summed E-state index contributed by atoms with van der Waals surface area (Å²) in [7, 11) is 0. The van der Waals surface area contributed by atoms with Gasteiger partial charge in [-0.2, -0.15) is 13.2 Å². The Morgan fingerprint density at radius 2 is 2.10 bits per heavy atom. The van der Waals surface area contributed by atoms with E-state index in [9.17, 15) is 27.5 Å². The largest absolute Gasteiger partial charge is 0.416 e. The second-order valence-corrected chi connectivity index (χ2v) is 4.53. The number of carbonyl (C=O) groups excluding carboxylic acids is 1. The van der Waals surface area contributed by atoms with E-state index in [0.717, 1.165) is 0 Å². The molecule has 1 saturated heterocycles. The van der Waals surface area contributed by atoms with E-state index in [0.29, 0.717) is 18.2 Å². The van der Waals surface area contributed by atoms with E-state index in [1.54, 1.807) is 0 Å². The predicted octanol–water partition coefficient (Wildman–Crippen LogP) is 1.51. The molecule has 1 aromatic rings. The van der Waals surface area contributed by atoms with Crippen molar-refractivity contribution in [2.75, 3.05) is 11.9 Å². The SMILES string of the molecule is O=C(Nc1cc(C(F)(F)F)ccc1F)C1CC(O)CN1. The van der Waals surface area contributed by atoms with E-state index >= 15 is 0 Å². The van der Waals surface area contributed by atoms with Crippen molar-refractivity contribution < 1.29 is 27.5 Å². The lowest BCUT2D eigenvalue weighted by Crippen LogP contribution is -2.35. The van der Waals surface area contributed by atoms with E-state index in [1.165, 1.54) is 0 Å². The van der Waals surface area contributed by atoms with Crippen molar-refractivity contribution in [3.63, 3.8) is 0 Å². The number of carbonyl (C=O) groups is 1. The van der Waals surface area contributed by atoms with E-state index in [2.05, 4.69) is 10.6 Å². The topological polar surface area (TPSA) is 61.4 Å². The fourth-order valence-corrected chi connectivity index (χ4v) is 1.93. The van der Waals surface area contributed by atoms with Crippen LogP contribution >= 0.6 is 0 Å². The Morgan fingerprint density at radius 1 is 1.40 bits per heavy atom. The number of rotatable bonds is 2. The third kappa shape index (κ3) is 3.26. The monoisotopic (exact) mass is 292 g/mol. The number of halogens is 4. The Balaban J connectivity index is 2.14. The Kier molecular flexibility index (Phi) is 3.96. The summed E-state index contributed by atoms with van der Waals surface area (Å²) in [5, 5.41) is 14.0. The van der Waals surface area contributed by atoms with Crippen molar-refractivity contribution in [1.82, 2.24) is 5.32 Å². The van der Waals surface area contributed by atoms with Crippen LogP contribution in [-0.2, 0) is 11.0 Å². The normalized spacial score (nSPS) is 22.9. The molecule has 3 N–H and O–H groups in total. The second-order valence-electron chi connectivity index (χ2n) is 4.53. The van der Waals surface area contributed by atoms with Crippen LogP contribution in [0.5, 0.6) is 0 Å². The maximum absolute atomic E-state index is 13.4. The molecule has 1 fully saturated rings. The van der Waals surface area contributed by atoms with Crippen molar-refractivity contribution in [3.8, 4) is 0 Å². The van der Waals surface area contributed by atoms with Crippen LogP contribution in [0.4, 0.5) is 23.2 Å². The zero-order valence-corrected chi connectivity index (χ0v) is 10.2. The molecule has 0 bridgehead atoms. The first kappa shape index (κ1) is 14.7. The van der Waals surface area contributed by atoms with Crippen molar-refractivity contribution >= 4 is 11.6 Å². The maximum atomic E-state index is 13.4. The molecule has 2 rings (SSSR count). The maximum Gasteiger partial charge on any atom is 0.416 e. The standard InChI is InChI=1S/C12H12F4N2O2/c13-8-2-1-6(12(14,15)16)3-9(8)18-11(20)10-4-7(19)5-17-10/h1-3,7,10,17,19H,4-5H2,(H,18,20). The highest BCUT2D eigenvalue weighted by molar-refractivity contribution is 5.95. The van der Waals surface area contributed by atoms with Gasteiger partial charge < -0.3 is 15.7 Å². The summed E-state index contributed by atoms with van der Waals surface area (Å²) in [6.07, 6.45) is -5.18. The van der Waals surface area contributed by atoms with Gasteiger partial charge in [-0.3, -0.25) is 4.79 Å². The van der Waals surface area contributed by atoms with Crippen LogP contribution in [0.2, 0.25) is 0 Å². The molecule has 0 radical (unpaired) electrons. The van der Waals surface area contributed by atoms with Gasteiger partial charge in [-0.25, -0.2) is 4.39 Å². The first-order chi connectivity index (χ1) is 9.27. The number of benzene rings is 1. The molecule has 1 aromatic carbocycles. The van der Waals surface area contributed by atoms with E-state index in [-0.39, 0.29) is 13.0 Å². The van der Waals surface area contributed by atoms with Crippen LogP contribution in [0.3, 0.4) is 0 Å². The molecule has 1 heterocycles. The summed E-state index contributed by atoms with van der Waals surface area (Å²) >= 11 is 0. The highest BCUT2D eigenvalue weighted by Crippen LogP contribution is 2.31. The smallest absolute Gasteiger partial charge is 0.392 e. The Morgan fingerprint density at radius 3 is 2.65 bits per heavy atom. The van der Waals surface area contributed by atoms with Crippen LogP contribution in [-0.4, -0.2) is 29.7 Å². The number of nitrogens with one attached hydrogen (secondary N) is 2. The molecule has 1 amide bonds. The molecule has 110 valence electrons. The number of amides is 1. The number of aliphatic hydroxyl groups is 1. The molecular weight excluding hydrogens is 280 g/mol. The molecule has 2 atom stereocenters. The molecule has 1 aliphatic rings. The zero-order chi connectivity index (χ0) is 14.9. The summed E-state index contributed by atoms with van der Waals surface area (Å²) < 4.78 is 51.0. The van der Waals surface area contributed by atoms with Gasteiger partial charge in [-0.1, -0.05) is 0 Å². The van der Waals surface area contributed by atoms with Gasteiger partial charge in [0.15, 0.2) is 0 Å². The van der Waals surface area contributed by atoms with Gasteiger partial charge in [-0.05, 0) is 24.6 Å². The van der Waals surface area contributed by atoms with Crippen LogP contribution in [0, 0.1) is 5.82 Å². The molecule has 1 aliphatic heterocycles. The highest BCUT2D eigenvalue weighted by atomic mass is 19.4. The van der Waals surface area contributed by atoms with Crippen LogP contribution in [0.25, 0.3) is 0 Å². The van der Waals surface area contributed by atoms with Gasteiger partial charge in [0.1, 0.15) is 5.82 Å². The molecule has 0 aliphatic carbocycles. The van der Waals surface area contributed by atoms with Gasteiger partial charge in [0.05, 0.1) is 23.4 Å². The molecular formula is C12H12F4N2O2. The number of β-amino-alcohol motifs (C(OH)–C–C–N with tert-alkyl or cyclic N) is 1. The molecule has 0 aromatic heterocycles. The van der Waals surface area contributed by atoms with Gasteiger partial charge in [0.25, 0.3) is 0 Å². The quantitative estimate of drug-likeness (QED) is 0.724. The first-order valence-corrected chi connectivity index (χ1v) is 5.86. The first-order valence-electron chi connectivity index (χ1n) is 5.86. The Labute approximate surface area is 111 Å². The van der Waals surface area contributed by atoms with E-state index < -0.39 is 41.3 Å². The van der Waals surface area contributed by atoms with Crippen LogP contribution in [0.15, 0.2) is 18.2 Å². The lowest BCUT2D eigenvalue weighted by Gasteiger charge is -2.13. The van der Waals surface area contributed by atoms with Crippen molar-refractivity contribution in [1.29, 1.82) is 0 Å². The lowest BCUT2D eigenvalue weighted by atomic mass is 10.1. The van der Waals surface area contributed by atoms with Crippen LogP contribution < -0.4 is 10.6 Å². The average Bonchev–Trinajstić information content (AvgIpc) is 2.77. The van der Waals surface area contributed by atoms with Crippen molar-refractivity contribution in [3.05, 3.63) is 29.6 Å². The third-order valence-electron chi connectivity index (χ3n) is 2.98. The molecule has 4 nitrogen and oxygen atoms in total. The zero-order valence-electron chi connectivity index (χ0n) is 10.2. The van der Waals surface area contributed by atoms with E-state index in [4.69, 9.17) is 0 Å². The van der Waals surface area contributed by atoms with Gasteiger partial charge in [-0.15, -0.1) is 0 Å². The van der Waals surface area contributed by atoms with Gasteiger partial charge >= 0.3 is 6.18 Å². The minimum absolute atomic E-state index is 0.131. The molecule has 0 saturated carbocycles. The lowest BCUT2D eigenvalue weighted by molar-refractivity contribution is -0.137. The fraction of sp³-hybridized carbons (Fsp3) is 0.417. The fourth-order valence-electron chi connectivity index (χ4n) is 1.93. The average molecular weight is 292 g/mol. The number of aliphatic hydroxyl groups excluding tert-OH is 1. The number of hydrogen-bond acceptors (Lipinski definition) is 3. The molecule has 20 heavy (non-hydrogen) atoms.